The number of carbonyl (C=O) groups excluding carboxylic acids is 1. The van der Waals surface area contributed by atoms with Crippen LogP contribution in [-0.2, 0) is 10.0 Å². The monoisotopic (exact) mass is 346 g/mol. The van der Waals surface area contributed by atoms with E-state index in [0.29, 0.717) is 11.5 Å². The Kier molecular flexibility index (Phi) is 4.50. The molecule has 0 aliphatic carbocycles. The molecule has 0 saturated carbocycles. The number of carbonyl (C=O) groups is 1. The van der Waals surface area contributed by atoms with Gasteiger partial charge in [-0.3, -0.25) is 10.2 Å². The van der Waals surface area contributed by atoms with Gasteiger partial charge in [-0.15, -0.1) is 4.83 Å². The molecule has 1 amide bonds. The minimum Gasteiger partial charge on any atom is -0.454 e. The number of hydrogen-bond donors (Lipinski definition) is 2. The summed E-state index contributed by atoms with van der Waals surface area (Å²) in [6, 6.07) is 13.5. The van der Waals surface area contributed by atoms with Crippen molar-refractivity contribution >= 4 is 22.0 Å². The second-order valence-corrected chi connectivity index (χ2v) is 6.45. The van der Waals surface area contributed by atoms with Gasteiger partial charge in [-0.2, -0.15) is 0 Å². The number of ether oxygens (including phenoxy) is 2. The Bertz CT molecular complexity index is 879. The number of hydrazine groups is 1. The highest BCUT2D eigenvalue weighted by Gasteiger charge is 2.17. The van der Waals surface area contributed by atoms with E-state index in [1.165, 1.54) is 18.2 Å². The Hall–Kier alpha value is -2.84. The third-order valence-corrected chi connectivity index (χ3v) is 4.06. The molecule has 1 heterocycles. The van der Waals surface area contributed by atoms with Crippen LogP contribution in [0.5, 0.6) is 11.5 Å². The number of fused-ring (bicyclic) bond motifs is 1. The molecule has 0 unspecified atom stereocenters. The number of amides is 1. The molecule has 124 valence electrons. The van der Waals surface area contributed by atoms with Crippen molar-refractivity contribution in [3.8, 4) is 11.5 Å². The van der Waals surface area contributed by atoms with Crippen molar-refractivity contribution in [3.63, 3.8) is 0 Å². The lowest BCUT2D eigenvalue weighted by Crippen LogP contribution is -2.40. The number of rotatable bonds is 5. The molecule has 0 aromatic heterocycles. The normalized spacial score (nSPS) is 13.2. The first-order valence-corrected chi connectivity index (χ1v) is 8.53. The van der Waals surface area contributed by atoms with Crippen LogP contribution in [-0.4, -0.2) is 21.1 Å². The molecule has 0 saturated heterocycles. The van der Waals surface area contributed by atoms with Crippen LogP contribution in [0.3, 0.4) is 0 Å². The summed E-state index contributed by atoms with van der Waals surface area (Å²) in [5.74, 6) is 0.373. The molecular weight excluding hydrogens is 332 g/mol. The fourth-order valence-corrected chi connectivity index (χ4v) is 2.63. The van der Waals surface area contributed by atoms with Crippen molar-refractivity contribution in [3.05, 3.63) is 65.1 Å². The number of nitrogens with one attached hydrogen (secondary N) is 2. The second-order valence-electron chi connectivity index (χ2n) is 4.88. The van der Waals surface area contributed by atoms with E-state index in [9.17, 15) is 13.2 Å². The molecule has 2 aromatic rings. The first-order chi connectivity index (χ1) is 11.5. The summed E-state index contributed by atoms with van der Waals surface area (Å²) in [6.45, 7) is 0.0946. The average molecular weight is 346 g/mol. The lowest BCUT2D eigenvalue weighted by molar-refractivity contribution is 0.0945. The average Bonchev–Trinajstić information content (AvgIpc) is 3.07. The molecule has 0 radical (unpaired) electrons. The van der Waals surface area contributed by atoms with Crippen molar-refractivity contribution in [2.75, 3.05) is 6.79 Å². The summed E-state index contributed by atoms with van der Waals surface area (Å²) < 4.78 is 34.1. The fraction of sp³-hybridized carbons (Fsp3) is 0.0625. The van der Waals surface area contributed by atoms with E-state index in [2.05, 4.69) is 5.43 Å². The fourth-order valence-electron chi connectivity index (χ4n) is 1.99. The number of sulfonamides is 1. The standard InChI is InChI=1S/C16H14N2O5S/c19-16(13-6-7-14-15(10-13)23-11-22-14)17-18-24(20,21)9-8-12-4-2-1-3-5-12/h1-10,18H,11H2,(H,17,19)/b9-8+. The summed E-state index contributed by atoms with van der Waals surface area (Å²) >= 11 is 0. The third-order valence-electron chi connectivity index (χ3n) is 3.18. The van der Waals surface area contributed by atoms with E-state index in [-0.39, 0.29) is 12.4 Å². The Morgan fingerprint density at radius 3 is 2.58 bits per heavy atom. The van der Waals surface area contributed by atoms with E-state index in [4.69, 9.17) is 9.47 Å². The van der Waals surface area contributed by atoms with Crippen LogP contribution in [0.2, 0.25) is 0 Å². The lowest BCUT2D eigenvalue weighted by atomic mass is 10.2. The summed E-state index contributed by atoms with van der Waals surface area (Å²) in [7, 11) is -3.81. The van der Waals surface area contributed by atoms with Gasteiger partial charge in [0.05, 0.1) is 0 Å². The summed E-state index contributed by atoms with van der Waals surface area (Å²) in [5.41, 5.74) is 3.11. The zero-order chi connectivity index (χ0) is 17.0. The molecular formula is C16H14N2O5S. The van der Waals surface area contributed by atoms with Crippen LogP contribution in [0.4, 0.5) is 0 Å². The van der Waals surface area contributed by atoms with E-state index < -0.39 is 15.9 Å². The van der Waals surface area contributed by atoms with Crippen LogP contribution in [0.1, 0.15) is 15.9 Å². The zero-order valence-corrected chi connectivity index (χ0v) is 13.2. The van der Waals surface area contributed by atoms with Crippen LogP contribution < -0.4 is 19.7 Å². The highest BCUT2D eigenvalue weighted by Crippen LogP contribution is 2.32. The zero-order valence-electron chi connectivity index (χ0n) is 12.4. The third kappa shape index (κ3) is 3.92. The Morgan fingerprint density at radius 2 is 1.79 bits per heavy atom. The van der Waals surface area contributed by atoms with Crippen LogP contribution in [0.15, 0.2) is 53.9 Å². The molecule has 3 rings (SSSR count). The number of hydrogen-bond acceptors (Lipinski definition) is 5. The maximum absolute atomic E-state index is 12.0. The van der Waals surface area contributed by atoms with Crippen molar-refractivity contribution in [2.24, 2.45) is 0 Å². The van der Waals surface area contributed by atoms with Gasteiger partial charge >= 0.3 is 0 Å². The smallest absolute Gasteiger partial charge is 0.266 e. The molecule has 24 heavy (non-hydrogen) atoms. The van der Waals surface area contributed by atoms with Crippen molar-refractivity contribution in [1.82, 2.24) is 10.3 Å². The van der Waals surface area contributed by atoms with Gasteiger partial charge in [0.25, 0.3) is 15.9 Å². The van der Waals surface area contributed by atoms with Crippen LogP contribution >= 0.6 is 0 Å². The maximum Gasteiger partial charge on any atom is 0.266 e. The first-order valence-electron chi connectivity index (χ1n) is 6.98. The van der Waals surface area contributed by atoms with Crippen LogP contribution in [0, 0.1) is 0 Å². The van der Waals surface area contributed by atoms with Gasteiger partial charge in [-0.25, -0.2) is 8.42 Å². The molecule has 0 bridgehead atoms. The quantitative estimate of drug-likeness (QED) is 0.803. The molecule has 1 aliphatic rings. The van der Waals surface area contributed by atoms with Gasteiger partial charge in [0, 0.05) is 11.0 Å². The molecule has 0 spiro atoms. The highest BCUT2D eigenvalue weighted by molar-refractivity contribution is 7.92. The summed E-state index contributed by atoms with van der Waals surface area (Å²) in [6.07, 6.45) is 1.43. The topological polar surface area (TPSA) is 93.7 Å². The van der Waals surface area contributed by atoms with Gasteiger partial charge in [-0.05, 0) is 29.8 Å². The first kappa shape index (κ1) is 16.0. The van der Waals surface area contributed by atoms with E-state index in [0.717, 1.165) is 11.0 Å². The van der Waals surface area contributed by atoms with Gasteiger partial charge in [0.1, 0.15) is 0 Å². The van der Waals surface area contributed by atoms with Gasteiger partial charge < -0.3 is 9.47 Å². The molecule has 2 aromatic carbocycles. The van der Waals surface area contributed by atoms with Crippen molar-refractivity contribution < 1.29 is 22.7 Å². The molecule has 0 fully saturated rings. The maximum atomic E-state index is 12.0. The van der Waals surface area contributed by atoms with Gasteiger partial charge in [-0.1, -0.05) is 30.3 Å². The van der Waals surface area contributed by atoms with E-state index in [1.807, 2.05) is 10.9 Å². The van der Waals surface area contributed by atoms with Crippen molar-refractivity contribution in [1.29, 1.82) is 0 Å². The van der Waals surface area contributed by atoms with E-state index in [1.54, 1.807) is 30.3 Å². The minimum absolute atomic E-state index is 0.0946. The van der Waals surface area contributed by atoms with Crippen molar-refractivity contribution in [2.45, 2.75) is 0 Å². The van der Waals surface area contributed by atoms with E-state index >= 15 is 0 Å². The van der Waals surface area contributed by atoms with Gasteiger partial charge in [0.15, 0.2) is 11.5 Å². The van der Waals surface area contributed by atoms with Crippen LogP contribution in [0.25, 0.3) is 6.08 Å². The largest absolute Gasteiger partial charge is 0.454 e. The Labute approximate surface area is 138 Å². The highest BCUT2D eigenvalue weighted by atomic mass is 32.2. The number of benzene rings is 2. The summed E-state index contributed by atoms with van der Waals surface area (Å²) in [4.78, 5) is 14.0. The Morgan fingerprint density at radius 1 is 1.04 bits per heavy atom. The SMILES string of the molecule is O=C(NNS(=O)(=O)/C=C/c1ccccc1)c1ccc2c(c1)OCO2. The molecule has 8 heteroatoms. The Balaban J connectivity index is 1.62. The minimum atomic E-state index is -3.81. The molecule has 7 nitrogen and oxygen atoms in total. The second kappa shape index (κ2) is 6.73. The summed E-state index contributed by atoms with van der Waals surface area (Å²) in [5, 5.41) is 0.974. The van der Waals surface area contributed by atoms with Gasteiger partial charge in [0.2, 0.25) is 6.79 Å². The predicted molar refractivity (Wildman–Crippen MR) is 87.6 cm³/mol. The predicted octanol–water partition coefficient (Wildman–Crippen LogP) is 1.65. The molecule has 0 atom stereocenters. The lowest BCUT2D eigenvalue weighted by Gasteiger charge is -2.06. The molecule has 1 aliphatic heterocycles. The molecule has 2 N–H and O–H groups in total.